The van der Waals surface area contributed by atoms with E-state index in [9.17, 15) is 4.79 Å². The molecule has 72 valence electrons. The maximum absolute atomic E-state index is 10.8. The number of carbonyl (C=O) groups is 1. The lowest BCUT2D eigenvalue weighted by Gasteiger charge is -2.26. The van der Waals surface area contributed by atoms with E-state index >= 15 is 0 Å². The van der Waals surface area contributed by atoms with Crippen LogP contribution in [0.5, 0.6) is 0 Å². The second-order valence-electron chi connectivity index (χ2n) is 3.10. The van der Waals surface area contributed by atoms with Crippen LogP contribution >= 0.6 is 0 Å². The van der Waals surface area contributed by atoms with E-state index in [4.69, 9.17) is 4.74 Å². The van der Waals surface area contributed by atoms with Crippen molar-refractivity contribution in [2.75, 3.05) is 0 Å². The molecular weight excluding hydrogens is 178 g/mol. The topological polar surface area (TPSA) is 38.3 Å². The molecular formula is C11H11NO2. The molecule has 3 heteroatoms. The molecule has 0 bridgehead atoms. The van der Waals surface area contributed by atoms with Gasteiger partial charge in [0.1, 0.15) is 18.4 Å². The fourth-order valence-electron chi connectivity index (χ4n) is 1.49. The number of benzene rings is 1. The zero-order chi connectivity index (χ0) is 9.80. The molecule has 0 fully saturated rings. The molecule has 14 heavy (non-hydrogen) atoms. The third-order valence-corrected chi connectivity index (χ3v) is 2.18. The molecule has 0 aliphatic carbocycles. The quantitative estimate of drug-likeness (QED) is 0.714. The molecule has 1 heterocycles. The van der Waals surface area contributed by atoms with Gasteiger partial charge in [0.15, 0.2) is 0 Å². The van der Waals surface area contributed by atoms with Crippen molar-refractivity contribution in [3.8, 4) is 0 Å². The van der Waals surface area contributed by atoms with E-state index in [1.54, 1.807) is 12.5 Å². The number of hydrogen-bond donors (Lipinski definition) is 1. The molecule has 1 aliphatic heterocycles. The van der Waals surface area contributed by atoms with Crippen LogP contribution in [0.3, 0.4) is 0 Å². The average molecular weight is 189 g/mol. The maximum atomic E-state index is 10.8. The van der Waals surface area contributed by atoms with E-state index in [0.29, 0.717) is 0 Å². The Hall–Kier alpha value is -1.77. The summed E-state index contributed by atoms with van der Waals surface area (Å²) in [5.41, 5.74) is 1.00. The molecule has 0 radical (unpaired) electrons. The minimum Gasteiger partial charge on any atom is -0.489 e. The highest BCUT2D eigenvalue weighted by Crippen LogP contribution is 2.22. The van der Waals surface area contributed by atoms with Crippen molar-refractivity contribution in [2.24, 2.45) is 0 Å². The summed E-state index contributed by atoms with van der Waals surface area (Å²) in [6.45, 7) is 0. The molecule has 0 amide bonds. The van der Waals surface area contributed by atoms with Gasteiger partial charge in [-0.15, -0.1) is 0 Å². The van der Waals surface area contributed by atoms with Gasteiger partial charge in [-0.05, 0) is 5.56 Å². The second kappa shape index (κ2) is 3.96. The standard InChI is InChI=1S/C11H11NO2/c13-8-10-11(14-7-6-12-10)9-4-2-1-3-5-9/h1-8,10-12H. The monoisotopic (exact) mass is 189 g/mol. The Morgan fingerprint density at radius 2 is 2.07 bits per heavy atom. The van der Waals surface area contributed by atoms with Gasteiger partial charge in [-0.1, -0.05) is 30.3 Å². The summed E-state index contributed by atoms with van der Waals surface area (Å²) < 4.78 is 5.39. The smallest absolute Gasteiger partial charge is 0.150 e. The predicted octanol–water partition coefficient (Wildman–Crippen LogP) is 1.39. The van der Waals surface area contributed by atoms with Crippen LogP contribution in [0.15, 0.2) is 42.8 Å². The van der Waals surface area contributed by atoms with E-state index < -0.39 is 0 Å². The van der Waals surface area contributed by atoms with Crippen molar-refractivity contribution in [1.82, 2.24) is 5.32 Å². The fourth-order valence-corrected chi connectivity index (χ4v) is 1.49. The predicted molar refractivity (Wildman–Crippen MR) is 52.4 cm³/mol. The highest BCUT2D eigenvalue weighted by molar-refractivity contribution is 5.60. The summed E-state index contributed by atoms with van der Waals surface area (Å²) in [5.74, 6) is 0. The molecule has 1 aliphatic rings. The Balaban J connectivity index is 2.24. The van der Waals surface area contributed by atoms with Gasteiger partial charge in [-0.25, -0.2) is 0 Å². The van der Waals surface area contributed by atoms with Crippen molar-refractivity contribution in [2.45, 2.75) is 12.1 Å². The number of hydrogen-bond acceptors (Lipinski definition) is 3. The molecule has 1 aromatic rings. The van der Waals surface area contributed by atoms with Gasteiger partial charge < -0.3 is 14.8 Å². The minimum absolute atomic E-state index is 0.223. The SMILES string of the molecule is O=CC1NC=COC1c1ccccc1. The van der Waals surface area contributed by atoms with Crippen LogP contribution in [0, 0.1) is 0 Å². The van der Waals surface area contributed by atoms with Crippen LogP contribution in [0.1, 0.15) is 11.7 Å². The zero-order valence-corrected chi connectivity index (χ0v) is 7.59. The van der Waals surface area contributed by atoms with Gasteiger partial charge in [0.05, 0.1) is 6.26 Å². The summed E-state index contributed by atoms with van der Waals surface area (Å²) in [5, 5.41) is 2.94. The van der Waals surface area contributed by atoms with Crippen molar-refractivity contribution in [3.05, 3.63) is 48.4 Å². The van der Waals surface area contributed by atoms with Gasteiger partial charge in [0.2, 0.25) is 0 Å². The summed E-state index contributed by atoms with van der Waals surface area (Å²) in [6.07, 6.45) is 3.84. The summed E-state index contributed by atoms with van der Waals surface area (Å²) >= 11 is 0. The first-order chi connectivity index (χ1) is 6.92. The highest BCUT2D eigenvalue weighted by Gasteiger charge is 2.24. The third kappa shape index (κ3) is 1.62. The number of carbonyl (C=O) groups excluding carboxylic acids is 1. The maximum Gasteiger partial charge on any atom is 0.150 e. The molecule has 0 aromatic heterocycles. The van der Waals surface area contributed by atoms with Crippen molar-refractivity contribution in [1.29, 1.82) is 0 Å². The molecule has 3 nitrogen and oxygen atoms in total. The molecule has 1 N–H and O–H groups in total. The van der Waals surface area contributed by atoms with Crippen molar-refractivity contribution >= 4 is 6.29 Å². The van der Waals surface area contributed by atoms with Gasteiger partial charge in [-0.2, -0.15) is 0 Å². The third-order valence-electron chi connectivity index (χ3n) is 2.18. The molecule has 0 saturated carbocycles. The Morgan fingerprint density at radius 3 is 2.79 bits per heavy atom. The normalized spacial score (nSPS) is 24.9. The van der Waals surface area contributed by atoms with E-state index in [1.807, 2.05) is 30.3 Å². The van der Waals surface area contributed by atoms with Crippen molar-refractivity contribution < 1.29 is 9.53 Å². The molecule has 2 atom stereocenters. The van der Waals surface area contributed by atoms with Crippen LogP contribution in [0.4, 0.5) is 0 Å². The summed E-state index contributed by atoms with van der Waals surface area (Å²) in [7, 11) is 0. The van der Waals surface area contributed by atoms with Crippen molar-refractivity contribution in [3.63, 3.8) is 0 Å². The highest BCUT2D eigenvalue weighted by atomic mass is 16.5. The Kier molecular flexibility index (Phi) is 2.49. The first kappa shape index (κ1) is 8.81. The number of nitrogens with one attached hydrogen (secondary N) is 1. The average Bonchev–Trinajstić information content (AvgIpc) is 2.30. The van der Waals surface area contributed by atoms with Gasteiger partial charge in [0.25, 0.3) is 0 Å². The Bertz CT molecular complexity index is 334. The van der Waals surface area contributed by atoms with Crippen LogP contribution in [0.2, 0.25) is 0 Å². The number of rotatable bonds is 2. The van der Waals surface area contributed by atoms with E-state index in [0.717, 1.165) is 11.8 Å². The second-order valence-corrected chi connectivity index (χ2v) is 3.10. The molecule has 0 spiro atoms. The van der Waals surface area contributed by atoms with Crippen LogP contribution in [-0.4, -0.2) is 12.3 Å². The molecule has 2 unspecified atom stereocenters. The van der Waals surface area contributed by atoms with E-state index in [1.165, 1.54) is 0 Å². The van der Waals surface area contributed by atoms with E-state index in [2.05, 4.69) is 5.32 Å². The lowest BCUT2D eigenvalue weighted by molar-refractivity contribution is -0.112. The first-order valence-corrected chi connectivity index (χ1v) is 4.48. The number of aldehydes is 1. The summed E-state index contributed by atoms with van der Waals surface area (Å²) in [4.78, 5) is 10.8. The Morgan fingerprint density at radius 1 is 1.29 bits per heavy atom. The Labute approximate surface area is 82.4 Å². The molecule has 1 aromatic carbocycles. The number of ether oxygens (including phenoxy) is 1. The van der Waals surface area contributed by atoms with Gasteiger partial charge >= 0.3 is 0 Å². The molecule has 2 rings (SSSR count). The lowest BCUT2D eigenvalue weighted by Crippen LogP contribution is -2.36. The largest absolute Gasteiger partial charge is 0.489 e. The zero-order valence-electron chi connectivity index (χ0n) is 7.59. The lowest BCUT2D eigenvalue weighted by atomic mass is 10.0. The van der Waals surface area contributed by atoms with Crippen LogP contribution < -0.4 is 5.32 Å². The van der Waals surface area contributed by atoms with E-state index in [-0.39, 0.29) is 12.1 Å². The fraction of sp³-hybridized carbons (Fsp3) is 0.182. The van der Waals surface area contributed by atoms with Gasteiger partial charge in [-0.3, -0.25) is 0 Å². The van der Waals surface area contributed by atoms with Gasteiger partial charge in [0, 0.05) is 6.20 Å². The van der Waals surface area contributed by atoms with Crippen LogP contribution in [0.25, 0.3) is 0 Å². The van der Waals surface area contributed by atoms with Crippen LogP contribution in [-0.2, 0) is 9.53 Å². The first-order valence-electron chi connectivity index (χ1n) is 4.48. The molecule has 0 saturated heterocycles. The minimum atomic E-state index is -0.303. The summed E-state index contributed by atoms with van der Waals surface area (Å²) in [6, 6.07) is 9.38.